The first kappa shape index (κ1) is 21.1. The number of benzene rings is 1. The maximum atomic E-state index is 13.0. The Morgan fingerprint density at radius 1 is 1.15 bits per heavy atom. The molecule has 1 aromatic carbocycles. The van der Waals surface area contributed by atoms with Gasteiger partial charge in [-0.15, -0.1) is 0 Å². The van der Waals surface area contributed by atoms with Crippen LogP contribution in [0.5, 0.6) is 0 Å². The zero-order valence-corrected chi connectivity index (χ0v) is 18.4. The molecule has 1 spiro atoms. The first-order valence-electron chi connectivity index (χ1n) is 10.5. The summed E-state index contributed by atoms with van der Waals surface area (Å²) in [5.74, 6) is 0.0296. The number of halogens is 1. The van der Waals surface area contributed by atoms with Crippen molar-refractivity contribution in [2.75, 3.05) is 31.1 Å². The van der Waals surface area contributed by atoms with E-state index in [1.54, 1.807) is 12.3 Å². The second-order valence-corrected chi connectivity index (χ2v) is 8.64. The average Bonchev–Trinajstić information content (AvgIpc) is 3.43. The molecule has 6 N–H and O–H groups in total. The minimum absolute atomic E-state index is 0.000807. The number of amides is 1. The maximum Gasteiger partial charge on any atom is 0.253 e. The number of nitrogens with zero attached hydrogens (tertiary/aromatic N) is 3. The van der Waals surface area contributed by atoms with Crippen molar-refractivity contribution in [1.82, 2.24) is 25.5 Å². The van der Waals surface area contributed by atoms with E-state index in [9.17, 15) is 9.59 Å². The van der Waals surface area contributed by atoms with Crippen LogP contribution in [-0.2, 0) is 0 Å². The third-order valence-electron chi connectivity index (χ3n) is 6.14. The van der Waals surface area contributed by atoms with Gasteiger partial charge in [-0.3, -0.25) is 9.59 Å². The molecule has 0 unspecified atom stereocenters. The van der Waals surface area contributed by atoms with Gasteiger partial charge in [0.15, 0.2) is 22.5 Å². The molecule has 0 aliphatic carbocycles. The lowest BCUT2D eigenvalue weighted by Crippen LogP contribution is -2.53. The number of nitrogens with one attached hydrogen (secondary N) is 2. The van der Waals surface area contributed by atoms with E-state index in [4.69, 9.17) is 27.5 Å². The zero-order valence-electron chi connectivity index (χ0n) is 17.6. The van der Waals surface area contributed by atoms with Gasteiger partial charge in [0.1, 0.15) is 11.4 Å². The highest BCUT2D eigenvalue weighted by molar-refractivity contribution is 6.31. The van der Waals surface area contributed by atoms with Crippen molar-refractivity contribution < 1.29 is 14.0 Å². The fraction of sp³-hybridized carbons (Fsp3) is 0.273. The average molecular weight is 468 g/mol. The molecule has 1 amide bonds. The number of hydrogen-bond acceptors (Lipinski definition) is 9. The lowest BCUT2D eigenvalue weighted by Gasteiger charge is -2.38. The van der Waals surface area contributed by atoms with Gasteiger partial charge in [-0.1, -0.05) is 11.6 Å². The molecule has 2 saturated heterocycles. The molecular weight excluding hydrogens is 446 g/mol. The van der Waals surface area contributed by atoms with Crippen LogP contribution in [-0.4, -0.2) is 51.7 Å². The Morgan fingerprint density at radius 3 is 2.73 bits per heavy atom. The standard InChI is InChI=1S/C22H22ClN7O3/c23-18-20(25)28-19(24)17(27-18)14(31)10-16-26-11-22(29-16)4-6-30(7-5-22)21(32)13-1-2-15-12(9-13)3-8-33-15/h1-3,8-10,26,29H,4-7,11H2,(H4,24,25,28)/b16-10+. The Kier molecular flexibility index (Phi) is 5.09. The number of rotatable bonds is 3. The highest BCUT2D eigenvalue weighted by Crippen LogP contribution is 2.28. The van der Waals surface area contributed by atoms with E-state index < -0.39 is 5.78 Å². The highest BCUT2D eigenvalue weighted by atomic mass is 35.5. The molecular formula is C22H22ClN7O3. The van der Waals surface area contributed by atoms with Crippen LogP contribution in [0, 0.1) is 0 Å². The molecule has 2 aliphatic heterocycles. The number of carbonyl (C=O) groups is 2. The van der Waals surface area contributed by atoms with Crippen LogP contribution >= 0.6 is 11.6 Å². The zero-order chi connectivity index (χ0) is 23.2. The van der Waals surface area contributed by atoms with Gasteiger partial charge in [0.2, 0.25) is 5.78 Å². The molecule has 10 nitrogen and oxygen atoms in total. The summed E-state index contributed by atoms with van der Waals surface area (Å²) in [4.78, 5) is 35.3. The third kappa shape index (κ3) is 3.93. The van der Waals surface area contributed by atoms with Crippen LogP contribution < -0.4 is 22.1 Å². The quantitative estimate of drug-likeness (QED) is 0.334. The van der Waals surface area contributed by atoms with Crippen LogP contribution in [0.2, 0.25) is 5.15 Å². The SMILES string of the molecule is Nc1nc(N)c(C(=O)/C=C2\NCC3(CCN(C(=O)c4ccc5occc5c4)CC3)N2)nc1Cl. The van der Waals surface area contributed by atoms with Gasteiger partial charge < -0.3 is 31.4 Å². The summed E-state index contributed by atoms with van der Waals surface area (Å²) < 4.78 is 5.35. The smallest absolute Gasteiger partial charge is 0.253 e. The number of piperidine rings is 1. The Hall–Kier alpha value is -3.79. The van der Waals surface area contributed by atoms with Gasteiger partial charge in [-0.05, 0) is 37.1 Å². The van der Waals surface area contributed by atoms with E-state index in [2.05, 4.69) is 20.6 Å². The molecule has 170 valence electrons. The third-order valence-corrected chi connectivity index (χ3v) is 6.42. The van der Waals surface area contributed by atoms with E-state index in [0.29, 0.717) is 31.0 Å². The summed E-state index contributed by atoms with van der Waals surface area (Å²) in [6, 6.07) is 7.30. The van der Waals surface area contributed by atoms with E-state index in [0.717, 1.165) is 23.8 Å². The summed E-state index contributed by atoms with van der Waals surface area (Å²) in [5, 5.41) is 7.46. The Bertz CT molecular complexity index is 1290. The van der Waals surface area contributed by atoms with E-state index in [1.165, 1.54) is 6.08 Å². The second-order valence-electron chi connectivity index (χ2n) is 8.28. The Morgan fingerprint density at radius 2 is 1.94 bits per heavy atom. The number of anilines is 2. The molecule has 2 fully saturated rings. The fourth-order valence-corrected chi connectivity index (χ4v) is 4.40. The number of fused-ring (bicyclic) bond motifs is 1. The number of carbonyl (C=O) groups excluding carboxylic acids is 2. The largest absolute Gasteiger partial charge is 0.464 e. The van der Waals surface area contributed by atoms with Crippen molar-refractivity contribution in [3.63, 3.8) is 0 Å². The number of nitrogen functional groups attached to an aromatic ring is 2. The predicted molar refractivity (Wildman–Crippen MR) is 124 cm³/mol. The van der Waals surface area contributed by atoms with Crippen molar-refractivity contribution in [2.45, 2.75) is 18.4 Å². The Labute approximate surface area is 194 Å². The molecule has 0 bridgehead atoms. The summed E-state index contributed by atoms with van der Waals surface area (Å²) in [6.45, 7) is 1.84. The minimum atomic E-state index is -0.434. The molecule has 5 rings (SSSR count). The predicted octanol–water partition coefficient (Wildman–Crippen LogP) is 1.93. The van der Waals surface area contributed by atoms with Crippen molar-refractivity contribution in [3.05, 3.63) is 58.8 Å². The maximum absolute atomic E-state index is 13.0. The molecule has 11 heteroatoms. The Balaban J connectivity index is 1.24. The van der Waals surface area contributed by atoms with Crippen LogP contribution in [0.3, 0.4) is 0 Å². The molecule has 2 aliphatic rings. The number of aromatic nitrogens is 2. The van der Waals surface area contributed by atoms with Crippen molar-refractivity contribution in [3.8, 4) is 0 Å². The lowest BCUT2D eigenvalue weighted by molar-refractivity contribution is 0.0667. The molecule has 4 heterocycles. The van der Waals surface area contributed by atoms with Crippen molar-refractivity contribution in [2.24, 2.45) is 0 Å². The van der Waals surface area contributed by atoms with Crippen LogP contribution in [0.1, 0.15) is 33.7 Å². The summed E-state index contributed by atoms with van der Waals surface area (Å²) >= 11 is 5.87. The number of allylic oxidation sites excluding steroid dienone is 1. The van der Waals surface area contributed by atoms with E-state index in [-0.39, 0.29) is 33.9 Å². The van der Waals surface area contributed by atoms with Crippen LogP contribution in [0.4, 0.5) is 11.6 Å². The van der Waals surface area contributed by atoms with E-state index in [1.807, 2.05) is 23.1 Å². The molecule has 2 aromatic heterocycles. The lowest BCUT2D eigenvalue weighted by atomic mass is 9.88. The monoisotopic (exact) mass is 467 g/mol. The number of likely N-dealkylation sites (tertiary alicyclic amines) is 1. The highest BCUT2D eigenvalue weighted by Gasteiger charge is 2.40. The van der Waals surface area contributed by atoms with E-state index >= 15 is 0 Å². The molecule has 33 heavy (non-hydrogen) atoms. The first-order chi connectivity index (χ1) is 15.8. The second kappa shape index (κ2) is 7.96. The van der Waals surface area contributed by atoms with Crippen molar-refractivity contribution in [1.29, 1.82) is 0 Å². The number of ketones is 1. The molecule has 0 radical (unpaired) electrons. The molecule has 0 atom stereocenters. The van der Waals surface area contributed by atoms with Gasteiger partial charge in [-0.25, -0.2) is 9.97 Å². The number of nitrogens with two attached hydrogens (primary N) is 2. The fourth-order valence-electron chi connectivity index (χ4n) is 4.27. The minimum Gasteiger partial charge on any atom is -0.464 e. The summed E-state index contributed by atoms with van der Waals surface area (Å²) in [6.07, 6.45) is 4.47. The number of furan rings is 1. The first-order valence-corrected chi connectivity index (χ1v) is 10.8. The van der Waals surface area contributed by atoms with Gasteiger partial charge in [0, 0.05) is 36.7 Å². The van der Waals surface area contributed by atoms with Gasteiger partial charge >= 0.3 is 0 Å². The summed E-state index contributed by atoms with van der Waals surface area (Å²) in [7, 11) is 0. The summed E-state index contributed by atoms with van der Waals surface area (Å²) in [5.41, 5.74) is 12.4. The normalized spacial score (nSPS) is 18.5. The van der Waals surface area contributed by atoms with Gasteiger partial charge in [-0.2, -0.15) is 0 Å². The molecule has 3 aromatic rings. The van der Waals surface area contributed by atoms with Crippen LogP contribution in [0.25, 0.3) is 11.0 Å². The van der Waals surface area contributed by atoms with Crippen LogP contribution in [0.15, 0.2) is 46.8 Å². The van der Waals surface area contributed by atoms with Gasteiger partial charge in [0.25, 0.3) is 5.91 Å². The topological polar surface area (TPSA) is 152 Å². The van der Waals surface area contributed by atoms with Gasteiger partial charge in [0.05, 0.1) is 11.8 Å². The molecule has 0 saturated carbocycles. The number of hydrogen-bond donors (Lipinski definition) is 4. The van der Waals surface area contributed by atoms with Crippen molar-refractivity contribution >= 4 is 45.9 Å².